The first kappa shape index (κ1) is 20.9. The molecule has 2 aromatic heterocycles. The summed E-state index contributed by atoms with van der Waals surface area (Å²) in [6.07, 6.45) is 1.43. The zero-order valence-electron chi connectivity index (χ0n) is 17.6. The average molecular weight is 435 g/mol. The lowest BCUT2D eigenvalue weighted by atomic mass is 10.1. The number of rotatable bonds is 5. The maximum Gasteiger partial charge on any atom is 0.263 e. The van der Waals surface area contributed by atoms with Gasteiger partial charge in [-0.05, 0) is 56.2 Å². The number of nitrogens with one attached hydrogen (secondary N) is 1. The van der Waals surface area contributed by atoms with Gasteiger partial charge >= 0.3 is 0 Å². The molecule has 0 aliphatic heterocycles. The average Bonchev–Trinajstić information content (AvgIpc) is 3.02. The Hall–Kier alpha value is -3.38. The van der Waals surface area contributed by atoms with Gasteiger partial charge in [0.1, 0.15) is 12.9 Å². The second kappa shape index (κ2) is 8.40. The van der Waals surface area contributed by atoms with Crippen molar-refractivity contribution in [1.29, 1.82) is 0 Å². The molecule has 1 N–H and O–H groups in total. The SMILES string of the molecule is Cc1c(C)n(-c2ccc(Cl)cc2)c2ncn(CC(=O)NC(C)c3ccccc3)c(=O)c12. The first-order valence-corrected chi connectivity index (χ1v) is 10.4. The Kier molecular flexibility index (Phi) is 5.65. The molecule has 158 valence electrons. The quantitative estimate of drug-likeness (QED) is 0.508. The minimum atomic E-state index is -0.244. The molecule has 4 aromatic rings. The number of halogens is 1. The molecule has 1 amide bonds. The van der Waals surface area contributed by atoms with Crippen LogP contribution >= 0.6 is 11.6 Å². The normalized spacial score (nSPS) is 12.1. The lowest BCUT2D eigenvalue weighted by Crippen LogP contribution is -2.34. The monoisotopic (exact) mass is 434 g/mol. The van der Waals surface area contributed by atoms with Crippen LogP contribution in [0, 0.1) is 13.8 Å². The van der Waals surface area contributed by atoms with Gasteiger partial charge in [0, 0.05) is 16.4 Å². The molecule has 1 unspecified atom stereocenters. The molecule has 2 heterocycles. The largest absolute Gasteiger partial charge is 0.348 e. The highest BCUT2D eigenvalue weighted by Gasteiger charge is 2.19. The third-order valence-corrected chi connectivity index (χ3v) is 5.81. The number of aryl methyl sites for hydroxylation is 1. The fourth-order valence-corrected chi connectivity index (χ4v) is 3.90. The van der Waals surface area contributed by atoms with Crippen LogP contribution in [0.15, 0.2) is 65.7 Å². The molecule has 7 heteroatoms. The van der Waals surface area contributed by atoms with Crippen LogP contribution in [0.25, 0.3) is 16.7 Å². The van der Waals surface area contributed by atoms with Gasteiger partial charge in [-0.25, -0.2) is 4.98 Å². The van der Waals surface area contributed by atoms with Crippen LogP contribution in [0.4, 0.5) is 0 Å². The number of aromatic nitrogens is 3. The zero-order valence-corrected chi connectivity index (χ0v) is 18.3. The fraction of sp³-hybridized carbons (Fsp3) is 0.208. The molecule has 6 nitrogen and oxygen atoms in total. The summed E-state index contributed by atoms with van der Waals surface area (Å²) in [6, 6.07) is 16.9. The lowest BCUT2D eigenvalue weighted by molar-refractivity contribution is -0.122. The molecule has 0 fully saturated rings. The predicted molar refractivity (Wildman–Crippen MR) is 123 cm³/mol. The van der Waals surface area contributed by atoms with E-state index < -0.39 is 0 Å². The number of carbonyl (C=O) groups excluding carboxylic acids is 1. The Labute approximate surface area is 185 Å². The Balaban J connectivity index is 1.65. The van der Waals surface area contributed by atoms with E-state index in [-0.39, 0.29) is 24.1 Å². The number of nitrogens with zero attached hydrogens (tertiary/aromatic N) is 3. The number of carbonyl (C=O) groups is 1. The first-order valence-electron chi connectivity index (χ1n) is 10.0. The summed E-state index contributed by atoms with van der Waals surface area (Å²) in [5.74, 6) is -0.244. The molecule has 0 radical (unpaired) electrons. The van der Waals surface area contributed by atoms with Gasteiger partial charge in [0.25, 0.3) is 5.56 Å². The van der Waals surface area contributed by atoms with Crippen molar-refractivity contribution >= 4 is 28.5 Å². The zero-order chi connectivity index (χ0) is 22.1. The summed E-state index contributed by atoms with van der Waals surface area (Å²) >= 11 is 6.02. The Morgan fingerprint density at radius 2 is 1.77 bits per heavy atom. The van der Waals surface area contributed by atoms with E-state index in [0.29, 0.717) is 16.1 Å². The molecule has 2 aromatic carbocycles. The summed E-state index contributed by atoms with van der Waals surface area (Å²) in [6.45, 7) is 5.67. The second-order valence-corrected chi connectivity index (χ2v) is 8.03. The summed E-state index contributed by atoms with van der Waals surface area (Å²) in [5, 5.41) is 4.09. The van der Waals surface area contributed by atoms with Gasteiger partial charge in [-0.1, -0.05) is 41.9 Å². The first-order chi connectivity index (χ1) is 14.9. The van der Waals surface area contributed by atoms with Crippen LogP contribution in [0.3, 0.4) is 0 Å². The summed E-state index contributed by atoms with van der Waals surface area (Å²) in [7, 11) is 0. The lowest BCUT2D eigenvalue weighted by Gasteiger charge is -2.15. The molecule has 0 spiro atoms. The molecule has 31 heavy (non-hydrogen) atoms. The minimum Gasteiger partial charge on any atom is -0.348 e. The summed E-state index contributed by atoms with van der Waals surface area (Å²) in [4.78, 5) is 30.3. The van der Waals surface area contributed by atoms with Gasteiger partial charge in [-0.3, -0.25) is 18.7 Å². The molecule has 4 rings (SSSR count). The van der Waals surface area contributed by atoms with Crippen molar-refractivity contribution in [1.82, 2.24) is 19.4 Å². The Bertz CT molecular complexity index is 1310. The van der Waals surface area contributed by atoms with Crippen LogP contribution in [0.1, 0.15) is 29.8 Å². The standard InChI is InChI=1S/C24H23ClN4O2/c1-15-17(3)29(20-11-9-19(25)10-12-20)23-22(15)24(31)28(14-26-23)13-21(30)27-16(2)18-7-5-4-6-8-18/h4-12,14,16H,13H2,1-3H3,(H,27,30). The van der Waals surface area contributed by atoms with Crippen molar-refractivity contribution in [3.63, 3.8) is 0 Å². The van der Waals surface area contributed by atoms with E-state index in [1.54, 1.807) is 12.1 Å². The van der Waals surface area contributed by atoms with E-state index in [0.717, 1.165) is 22.5 Å². The number of amides is 1. The van der Waals surface area contributed by atoms with Crippen molar-refractivity contribution in [3.05, 3.63) is 93.1 Å². The Morgan fingerprint density at radius 1 is 1.10 bits per heavy atom. The van der Waals surface area contributed by atoms with Crippen LogP contribution < -0.4 is 10.9 Å². The van der Waals surface area contributed by atoms with Gasteiger partial charge in [-0.15, -0.1) is 0 Å². The van der Waals surface area contributed by atoms with Gasteiger partial charge < -0.3 is 5.32 Å². The van der Waals surface area contributed by atoms with Gasteiger partial charge in [0.15, 0.2) is 5.65 Å². The molecular weight excluding hydrogens is 412 g/mol. The maximum absolute atomic E-state index is 13.2. The van der Waals surface area contributed by atoms with E-state index in [2.05, 4.69) is 10.3 Å². The van der Waals surface area contributed by atoms with Crippen molar-refractivity contribution in [2.75, 3.05) is 0 Å². The molecular formula is C24H23ClN4O2. The Morgan fingerprint density at radius 3 is 2.45 bits per heavy atom. The summed E-state index contributed by atoms with van der Waals surface area (Å²) in [5.41, 5.74) is 3.97. The van der Waals surface area contributed by atoms with Gasteiger partial charge in [-0.2, -0.15) is 0 Å². The van der Waals surface area contributed by atoms with Crippen LogP contribution in [0.5, 0.6) is 0 Å². The second-order valence-electron chi connectivity index (χ2n) is 7.60. The van der Waals surface area contributed by atoms with Crippen molar-refractivity contribution < 1.29 is 4.79 Å². The van der Waals surface area contributed by atoms with E-state index >= 15 is 0 Å². The third-order valence-electron chi connectivity index (χ3n) is 5.56. The smallest absolute Gasteiger partial charge is 0.263 e. The van der Waals surface area contributed by atoms with Gasteiger partial charge in [0.05, 0.1) is 11.4 Å². The predicted octanol–water partition coefficient (Wildman–Crippen LogP) is 4.33. The highest BCUT2D eigenvalue weighted by atomic mass is 35.5. The fourth-order valence-electron chi connectivity index (χ4n) is 3.77. The minimum absolute atomic E-state index is 0.0937. The third kappa shape index (κ3) is 3.99. The molecule has 0 aliphatic carbocycles. The van der Waals surface area contributed by atoms with Crippen LogP contribution in [0.2, 0.25) is 5.02 Å². The highest BCUT2D eigenvalue weighted by molar-refractivity contribution is 6.30. The number of hydrogen-bond donors (Lipinski definition) is 1. The van der Waals surface area contributed by atoms with Crippen LogP contribution in [-0.2, 0) is 11.3 Å². The molecule has 0 saturated carbocycles. The van der Waals surface area contributed by atoms with E-state index in [1.807, 2.05) is 67.8 Å². The summed E-state index contributed by atoms with van der Waals surface area (Å²) < 4.78 is 3.29. The van der Waals surface area contributed by atoms with E-state index in [1.165, 1.54) is 10.9 Å². The number of benzene rings is 2. The molecule has 1 atom stereocenters. The van der Waals surface area contributed by atoms with Crippen molar-refractivity contribution in [2.45, 2.75) is 33.4 Å². The molecule has 0 bridgehead atoms. The topological polar surface area (TPSA) is 68.9 Å². The number of hydrogen-bond acceptors (Lipinski definition) is 3. The van der Waals surface area contributed by atoms with E-state index in [4.69, 9.17) is 11.6 Å². The van der Waals surface area contributed by atoms with Crippen molar-refractivity contribution in [2.24, 2.45) is 0 Å². The highest BCUT2D eigenvalue weighted by Crippen LogP contribution is 2.25. The van der Waals surface area contributed by atoms with Crippen LogP contribution in [-0.4, -0.2) is 20.0 Å². The van der Waals surface area contributed by atoms with Crippen molar-refractivity contribution in [3.8, 4) is 5.69 Å². The molecule has 0 saturated heterocycles. The number of fused-ring (bicyclic) bond motifs is 1. The molecule has 0 aliphatic rings. The maximum atomic E-state index is 13.2. The van der Waals surface area contributed by atoms with E-state index in [9.17, 15) is 9.59 Å². The van der Waals surface area contributed by atoms with Gasteiger partial charge in [0.2, 0.25) is 5.91 Å².